The summed E-state index contributed by atoms with van der Waals surface area (Å²) in [5.74, 6) is -1.19. The number of esters is 2. The summed E-state index contributed by atoms with van der Waals surface area (Å²) in [6.45, 7) is 0. The lowest BCUT2D eigenvalue weighted by molar-refractivity contribution is -0.141. The largest absolute Gasteiger partial charge is 0.469 e. The van der Waals surface area contributed by atoms with Gasteiger partial charge in [-0.3, -0.25) is 14.4 Å². The molecule has 114 valence electrons. The molecule has 5 nitrogen and oxygen atoms in total. The van der Waals surface area contributed by atoms with Crippen LogP contribution >= 0.6 is 0 Å². The van der Waals surface area contributed by atoms with E-state index in [1.807, 2.05) is 6.07 Å². The number of ether oxygens (including phenoxy) is 2. The molecular weight excluding hydrogens is 272 g/mol. The van der Waals surface area contributed by atoms with Crippen LogP contribution in [0.3, 0.4) is 0 Å². The Morgan fingerprint density at radius 2 is 1.38 bits per heavy atom. The summed E-state index contributed by atoms with van der Waals surface area (Å²) < 4.78 is 9.18. The van der Waals surface area contributed by atoms with E-state index in [1.54, 1.807) is 24.3 Å². The zero-order valence-electron chi connectivity index (χ0n) is 12.3. The van der Waals surface area contributed by atoms with Crippen LogP contribution in [0.25, 0.3) is 0 Å². The molecule has 0 heterocycles. The molecule has 0 atom stereocenters. The molecule has 0 N–H and O–H groups in total. The number of benzene rings is 1. The Hall–Kier alpha value is -2.17. The van der Waals surface area contributed by atoms with E-state index in [-0.39, 0.29) is 30.6 Å². The van der Waals surface area contributed by atoms with Crippen molar-refractivity contribution in [3.63, 3.8) is 0 Å². The number of rotatable bonds is 8. The van der Waals surface area contributed by atoms with Crippen LogP contribution in [-0.2, 0) is 19.1 Å². The number of carbonyl (C=O) groups excluding carboxylic acids is 3. The predicted octanol–water partition coefficient (Wildman–Crippen LogP) is 2.39. The second-order valence-electron chi connectivity index (χ2n) is 4.66. The van der Waals surface area contributed by atoms with Gasteiger partial charge in [0.25, 0.3) is 0 Å². The monoisotopic (exact) mass is 292 g/mol. The number of ketones is 1. The van der Waals surface area contributed by atoms with Gasteiger partial charge in [-0.05, 0) is 12.8 Å². The summed E-state index contributed by atoms with van der Waals surface area (Å²) in [4.78, 5) is 34.9. The molecule has 21 heavy (non-hydrogen) atoms. The first-order valence-electron chi connectivity index (χ1n) is 6.81. The normalized spacial score (nSPS) is 10.2. The van der Waals surface area contributed by atoms with E-state index in [0.717, 1.165) is 0 Å². The molecule has 1 rings (SSSR count). The lowest BCUT2D eigenvalue weighted by Crippen LogP contribution is -2.18. The fourth-order valence-corrected chi connectivity index (χ4v) is 2.03. The molecule has 0 amide bonds. The molecule has 0 saturated heterocycles. The van der Waals surface area contributed by atoms with Crippen molar-refractivity contribution in [2.24, 2.45) is 5.92 Å². The highest BCUT2D eigenvalue weighted by Gasteiger charge is 2.22. The number of carbonyl (C=O) groups is 3. The minimum Gasteiger partial charge on any atom is -0.469 e. The molecule has 0 aliphatic carbocycles. The first kappa shape index (κ1) is 16.9. The summed E-state index contributed by atoms with van der Waals surface area (Å²) in [5.41, 5.74) is 0.581. The Bertz CT molecular complexity index is 461. The van der Waals surface area contributed by atoms with Crippen LogP contribution in [-0.4, -0.2) is 31.9 Å². The van der Waals surface area contributed by atoms with Crippen molar-refractivity contribution in [1.82, 2.24) is 0 Å². The summed E-state index contributed by atoms with van der Waals surface area (Å²) in [7, 11) is 2.62. The topological polar surface area (TPSA) is 69.7 Å². The Labute approximate surface area is 124 Å². The average Bonchev–Trinajstić information content (AvgIpc) is 2.54. The molecule has 0 aliphatic heterocycles. The van der Waals surface area contributed by atoms with Crippen LogP contribution in [0.4, 0.5) is 0 Å². The second kappa shape index (κ2) is 8.89. The quantitative estimate of drug-likeness (QED) is 0.543. The van der Waals surface area contributed by atoms with Gasteiger partial charge < -0.3 is 9.47 Å². The molecule has 0 saturated carbocycles. The van der Waals surface area contributed by atoms with Gasteiger partial charge in [-0.2, -0.15) is 0 Å². The van der Waals surface area contributed by atoms with Crippen molar-refractivity contribution in [1.29, 1.82) is 0 Å². The number of hydrogen-bond acceptors (Lipinski definition) is 5. The zero-order chi connectivity index (χ0) is 15.7. The Morgan fingerprint density at radius 1 is 0.905 bits per heavy atom. The van der Waals surface area contributed by atoms with Gasteiger partial charge in [0.2, 0.25) is 0 Å². The molecule has 1 aromatic carbocycles. The predicted molar refractivity (Wildman–Crippen MR) is 76.8 cm³/mol. The van der Waals surface area contributed by atoms with Gasteiger partial charge in [0, 0.05) is 24.3 Å². The molecule has 0 spiro atoms. The van der Waals surface area contributed by atoms with E-state index in [4.69, 9.17) is 0 Å². The van der Waals surface area contributed by atoms with Gasteiger partial charge >= 0.3 is 11.9 Å². The molecule has 0 bridgehead atoms. The summed E-state index contributed by atoms with van der Waals surface area (Å²) in [6.07, 6.45) is 1.02. The molecule has 5 heteroatoms. The summed E-state index contributed by atoms with van der Waals surface area (Å²) in [6, 6.07) is 8.85. The van der Waals surface area contributed by atoms with Crippen LogP contribution < -0.4 is 0 Å². The second-order valence-corrected chi connectivity index (χ2v) is 4.66. The molecule has 0 unspecified atom stereocenters. The molecule has 0 aliphatic rings. The van der Waals surface area contributed by atoms with Crippen LogP contribution in [0.5, 0.6) is 0 Å². The maximum absolute atomic E-state index is 12.4. The van der Waals surface area contributed by atoms with Gasteiger partial charge in [-0.1, -0.05) is 30.3 Å². The van der Waals surface area contributed by atoms with E-state index >= 15 is 0 Å². The van der Waals surface area contributed by atoms with Gasteiger partial charge in [0.1, 0.15) is 0 Å². The van der Waals surface area contributed by atoms with Crippen LogP contribution in [0.15, 0.2) is 30.3 Å². The van der Waals surface area contributed by atoms with E-state index < -0.39 is 5.92 Å². The Morgan fingerprint density at radius 3 is 1.81 bits per heavy atom. The first-order valence-corrected chi connectivity index (χ1v) is 6.81. The van der Waals surface area contributed by atoms with E-state index in [1.165, 1.54) is 14.2 Å². The van der Waals surface area contributed by atoms with Crippen molar-refractivity contribution < 1.29 is 23.9 Å². The van der Waals surface area contributed by atoms with Gasteiger partial charge in [0.15, 0.2) is 5.78 Å². The Kier molecular flexibility index (Phi) is 7.15. The SMILES string of the molecule is COC(=O)CCC(CCC(=O)OC)C(=O)c1ccccc1. The van der Waals surface area contributed by atoms with Crippen molar-refractivity contribution >= 4 is 17.7 Å². The highest BCUT2D eigenvalue weighted by atomic mass is 16.5. The first-order chi connectivity index (χ1) is 10.1. The van der Waals surface area contributed by atoms with E-state index in [0.29, 0.717) is 18.4 Å². The summed E-state index contributed by atoms with van der Waals surface area (Å²) in [5, 5.41) is 0. The van der Waals surface area contributed by atoms with E-state index in [9.17, 15) is 14.4 Å². The molecule has 1 aromatic rings. The molecule has 0 aromatic heterocycles. The smallest absolute Gasteiger partial charge is 0.305 e. The maximum Gasteiger partial charge on any atom is 0.305 e. The number of hydrogen-bond donors (Lipinski definition) is 0. The molecule has 0 radical (unpaired) electrons. The summed E-state index contributed by atoms with van der Waals surface area (Å²) >= 11 is 0. The third kappa shape index (κ3) is 5.77. The Balaban J connectivity index is 2.72. The number of methoxy groups -OCH3 is 2. The zero-order valence-corrected chi connectivity index (χ0v) is 12.3. The third-order valence-corrected chi connectivity index (χ3v) is 3.28. The fourth-order valence-electron chi connectivity index (χ4n) is 2.03. The number of Topliss-reactive ketones (excluding diaryl/α,β-unsaturated/α-hetero) is 1. The maximum atomic E-state index is 12.4. The van der Waals surface area contributed by atoms with Crippen LogP contribution in [0.2, 0.25) is 0 Å². The van der Waals surface area contributed by atoms with Gasteiger partial charge in [-0.15, -0.1) is 0 Å². The van der Waals surface area contributed by atoms with Gasteiger partial charge in [-0.25, -0.2) is 0 Å². The van der Waals surface area contributed by atoms with Crippen molar-refractivity contribution in [2.45, 2.75) is 25.7 Å². The standard InChI is InChI=1S/C16H20O5/c1-20-14(17)10-8-13(9-11-15(18)21-2)16(19)12-6-4-3-5-7-12/h3-7,13H,8-11H2,1-2H3. The third-order valence-electron chi connectivity index (χ3n) is 3.28. The highest BCUT2D eigenvalue weighted by molar-refractivity contribution is 5.98. The fraction of sp³-hybridized carbons (Fsp3) is 0.438. The highest BCUT2D eigenvalue weighted by Crippen LogP contribution is 2.20. The van der Waals surface area contributed by atoms with Crippen molar-refractivity contribution in [3.8, 4) is 0 Å². The minimum atomic E-state index is -0.398. The van der Waals surface area contributed by atoms with Crippen LogP contribution in [0, 0.1) is 5.92 Å². The van der Waals surface area contributed by atoms with Crippen molar-refractivity contribution in [3.05, 3.63) is 35.9 Å². The van der Waals surface area contributed by atoms with E-state index in [2.05, 4.69) is 9.47 Å². The minimum absolute atomic E-state index is 0.0663. The molecule has 0 fully saturated rings. The van der Waals surface area contributed by atoms with Gasteiger partial charge in [0.05, 0.1) is 14.2 Å². The van der Waals surface area contributed by atoms with Crippen LogP contribution in [0.1, 0.15) is 36.0 Å². The average molecular weight is 292 g/mol. The lowest BCUT2D eigenvalue weighted by atomic mass is 9.89. The van der Waals surface area contributed by atoms with Crippen molar-refractivity contribution in [2.75, 3.05) is 14.2 Å². The lowest BCUT2D eigenvalue weighted by Gasteiger charge is -2.14. The molecular formula is C16H20O5.